The summed E-state index contributed by atoms with van der Waals surface area (Å²) in [5, 5.41) is 19.1. The smallest absolute Gasteiger partial charge is 0.237 e. The molecule has 0 radical (unpaired) electrons. The number of rotatable bonds is 8. The van der Waals surface area contributed by atoms with Gasteiger partial charge in [0.25, 0.3) is 0 Å². The molecule has 9 heteroatoms. The van der Waals surface area contributed by atoms with E-state index in [1.807, 2.05) is 36.4 Å². The van der Waals surface area contributed by atoms with Crippen LogP contribution in [0, 0.1) is 0 Å². The third-order valence-corrected chi connectivity index (χ3v) is 5.47. The van der Waals surface area contributed by atoms with Gasteiger partial charge in [-0.15, -0.1) is 10.2 Å². The number of carbonyl (C=O) groups is 2. The van der Waals surface area contributed by atoms with E-state index in [2.05, 4.69) is 60.4 Å². The van der Waals surface area contributed by atoms with Crippen LogP contribution in [0.25, 0.3) is 0 Å². The molecule has 1 saturated heterocycles. The molecule has 0 saturated carbocycles. The lowest BCUT2D eigenvalue weighted by Gasteiger charge is -2.37. The first-order chi connectivity index (χ1) is 15.2. The molecule has 2 aromatic carbocycles. The molecule has 31 heavy (non-hydrogen) atoms. The van der Waals surface area contributed by atoms with Crippen LogP contribution >= 0.6 is 0 Å². The Kier molecular flexibility index (Phi) is 6.63. The zero-order valence-electron chi connectivity index (χ0n) is 17.1. The molecule has 1 aliphatic rings. The summed E-state index contributed by atoms with van der Waals surface area (Å²) < 4.78 is 0. The quantitative estimate of drug-likeness (QED) is 0.498. The van der Waals surface area contributed by atoms with Crippen LogP contribution in [-0.4, -0.2) is 63.0 Å². The van der Waals surface area contributed by atoms with Crippen LogP contribution in [0.1, 0.15) is 29.3 Å². The molecule has 2 heterocycles. The third kappa shape index (κ3) is 5.32. The molecule has 0 spiro atoms. The molecule has 1 aliphatic heterocycles. The fraction of sp³-hybridized carbons (Fsp3) is 0.318. The maximum Gasteiger partial charge on any atom is 0.237 e. The average molecular weight is 419 g/mol. The van der Waals surface area contributed by atoms with Crippen LogP contribution in [0.2, 0.25) is 0 Å². The van der Waals surface area contributed by atoms with Gasteiger partial charge in [-0.2, -0.15) is 5.21 Å². The predicted molar refractivity (Wildman–Crippen MR) is 114 cm³/mol. The van der Waals surface area contributed by atoms with E-state index in [1.54, 1.807) is 0 Å². The number of benzene rings is 2. The number of aromatic nitrogens is 4. The Hall–Kier alpha value is -3.59. The first kappa shape index (κ1) is 20.7. The highest BCUT2D eigenvalue weighted by atomic mass is 16.2. The SMILES string of the molecule is O=C(C[C@@H]1C(=O)NCCN1CC(c1ccccc1)c1ccccc1)NCc1nn[nH]n1. The standard InChI is InChI=1S/C22H25N7O2/c30-21(24-14-20-25-27-28-26-20)13-19-22(31)23-11-12-29(19)15-18(16-7-3-1-4-8-16)17-9-5-2-6-10-17/h1-10,18-19H,11-15H2,(H,23,31)(H,24,30)(H,25,26,27,28)/t19-/m1/s1. The second kappa shape index (κ2) is 9.94. The van der Waals surface area contributed by atoms with E-state index in [1.165, 1.54) is 11.1 Å². The van der Waals surface area contributed by atoms with Crippen LogP contribution in [0.15, 0.2) is 60.7 Å². The highest BCUT2D eigenvalue weighted by Crippen LogP contribution is 2.27. The second-order valence-electron chi connectivity index (χ2n) is 7.48. The van der Waals surface area contributed by atoms with E-state index in [0.29, 0.717) is 25.5 Å². The number of hydrogen-bond acceptors (Lipinski definition) is 6. The number of nitrogens with zero attached hydrogens (tertiary/aromatic N) is 4. The van der Waals surface area contributed by atoms with Crippen molar-refractivity contribution in [2.75, 3.05) is 19.6 Å². The van der Waals surface area contributed by atoms with Crippen molar-refractivity contribution in [3.8, 4) is 0 Å². The zero-order valence-corrected chi connectivity index (χ0v) is 17.1. The molecule has 0 unspecified atom stereocenters. The molecule has 1 fully saturated rings. The van der Waals surface area contributed by atoms with E-state index in [-0.39, 0.29) is 30.7 Å². The largest absolute Gasteiger partial charge is 0.353 e. The molecule has 3 aromatic rings. The first-order valence-corrected chi connectivity index (χ1v) is 10.3. The Morgan fingerprint density at radius 2 is 1.77 bits per heavy atom. The third-order valence-electron chi connectivity index (χ3n) is 5.47. The molecule has 4 rings (SSSR count). The number of aromatic amines is 1. The summed E-state index contributed by atoms with van der Waals surface area (Å²) in [7, 11) is 0. The molecule has 1 atom stereocenters. The van der Waals surface area contributed by atoms with Gasteiger partial charge in [0.05, 0.1) is 19.0 Å². The van der Waals surface area contributed by atoms with Crippen molar-refractivity contribution in [1.29, 1.82) is 0 Å². The molecule has 0 bridgehead atoms. The minimum Gasteiger partial charge on any atom is -0.353 e. The topological polar surface area (TPSA) is 116 Å². The maximum atomic E-state index is 12.7. The molecular weight excluding hydrogens is 394 g/mol. The van der Waals surface area contributed by atoms with Crippen LogP contribution in [-0.2, 0) is 16.1 Å². The molecule has 160 valence electrons. The second-order valence-corrected chi connectivity index (χ2v) is 7.48. The van der Waals surface area contributed by atoms with E-state index < -0.39 is 6.04 Å². The summed E-state index contributed by atoms with van der Waals surface area (Å²) in [6, 6.07) is 20.0. The average Bonchev–Trinajstić information content (AvgIpc) is 3.33. The van der Waals surface area contributed by atoms with E-state index in [9.17, 15) is 9.59 Å². The van der Waals surface area contributed by atoms with Gasteiger partial charge in [0.2, 0.25) is 11.8 Å². The van der Waals surface area contributed by atoms with Gasteiger partial charge in [-0.25, -0.2) is 0 Å². The minimum absolute atomic E-state index is 0.0694. The minimum atomic E-state index is -0.533. The number of nitrogens with one attached hydrogen (secondary N) is 3. The number of hydrogen-bond donors (Lipinski definition) is 3. The van der Waals surface area contributed by atoms with Crippen LogP contribution in [0.3, 0.4) is 0 Å². The monoisotopic (exact) mass is 419 g/mol. The van der Waals surface area contributed by atoms with Gasteiger partial charge in [-0.3, -0.25) is 14.5 Å². The van der Waals surface area contributed by atoms with Crippen LogP contribution in [0.5, 0.6) is 0 Å². The lowest BCUT2D eigenvalue weighted by Crippen LogP contribution is -2.57. The van der Waals surface area contributed by atoms with Crippen molar-refractivity contribution in [3.63, 3.8) is 0 Å². The molecule has 3 N–H and O–H groups in total. The maximum absolute atomic E-state index is 12.7. The lowest BCUT2D eigenvalue weighted by molar-refractivity contribution is -0.134. The number of H-pyrrole nitrogens is 1. The van der Waals surface area contributed by atoms with Crippen molar-refractivity contribution >= 4 is 11.8 Å². The highest BCUT2D eigenvalue weighted by molar-refractivity contribution is 5.88. The summed E-state index contributed by atoms with van der Waals surface area (Å²) in [6.45, 7) is 2.06. The van der Waals surface area contributed by atoms with Crippen molar-refractivity contribution in [2.24, 2.45) is 0 Å². The molecule has 1 aromatic heterocycles. The Balaban J connectivity index is 1.49. The summed E-state index contributed by atoms with van der Waals surface area (Å²) in [6.07, 6.45) is 0.0694. The fourth-order valence-electron chi connectivity index (χ4n) is 3.89. The number of carbonyl (C=O) groups excluding carboxylic acids is 2. The Morgan fingerprint density at radius 3 is 2.39 bits per heavy atom. The van der Waals surface area contributed by atoms with Crippen molar-refractivity contribution in [3.05, 3.63) is 77.6 Å². The van der Waals surface area contributed by atoms with Crippen molar-refractivity contribution in [2.45, 2.75) is 24.9 Å². The lowest BCUT2D eigenvalue weighted by atomic mass is 9.90. The summed E-state index contributed by atoms with van der Waals surface area (Å²) in [4.78, 5) is 27.3. The summed E-state index contributed by atoms with van der Waals surface area (Å²) >= 11 is 0. The normalized spacial score (nSPS) is 16.8. The number of piperazine rings is 1. The number of amides is 2. The predicted octanol–water partition coefficient (Wildman–Crippen LogP) is 0.838. The first-order valence-electron chi connectivity index (χ1n) is 10.3. The van der Waals surface area contributed by atoms with Gasteiger partial charge in [-0.05, 0) is 11.1 Å². The highest BCUT2D eigenvalue weighted by Gasteiger charge is 2.33. The molecule has 0 aliphatic carbocycles. The van der Waals surface area contributed by atoms with Crippen molar-refractivity contribution in [1.82, 2.24) is 36.2 Å². The van der Waals surface area contributed by atoms with E-state index >= 15 is 0 Å². The van der Waals surface area contributed by atoms with Crippen LogP contribution < -0.4 is 10.6 Å². The molecule has 2 amide bonds. The summed E-state index contributed by atoms with van der Waals surface area (Å²) in [5.74, 6) is 0.137. The molecule has 9 nitrogen and oxygen atoms in total. The van der Waals surface area contributed by atoms with Gasteiger partial charge in [-0.1, -0.05) is 65.9 Å². The Bertz CT molecular complexity index is 940. The van der Waals surface area contributed by atoms with Gasteiger partial charge < -0.3 is 10.6 Å². The van der Waals surface area contributed by atoms with Gasteiger partial charge >= 0.3 is 0 Å². The zero-order chi connectivity index (χ0) is 21.5. The molecular formula is C22H25N7O2. The Morgan fingerprint density at radius 1 is 1.10 bits per heavy atom. The van der Waals surface area contributed by atoms with E-state index in [4.69, 9.17) is 0 Å². The Labute approximate surface area is 180 Å². The van der Waals surface area contributed by atoms with Gasteiger partial charge in [0, 0.05) is 25.6 Å². The van der Waals surface area contributed by atoms with Crippen LogP contribution in [0.4, 0.5) is 0 Å². The van der Waals surface area contributed by atoms with E-state index in [0.717, 1.165) is 0 Å². The van der Waals surface area contributed by atoms with Crippen molar-refractivity contribution < 1.29 is 9.59 Å². The number of tetrazole rings is 1. The van der Waals surface area contributed by atoms with Gasteiger partial charge in [0.1, 0.15) is 0 Å². The van der Waals surface area contributed by atoms with Gasteiger partial charge in [0.15, 0.2) is 5.82 Å². The summed E-state index contributed by atoms with van der Waals surface area (Å²) in [5.41, 5.74) is 2.36. The fourth-order valence-corrected chi connectivity index (χ4v) is 3.89.